The second-order valence-corrected chi connectivity index (χ2v) is 5.96. The Hall–Kier alpha value is -1.33. The Morgan fingerprint density at radius 3 is 2.74 bits per heavy atom. The van der Waals surface area contributed by atoms with Gasteiger partial charge in [-0.15, -0.1) is 11.8 Å². The molecule has 98 valence electrons. The number of carbonyl (C=O) groups is 1. The van der Waals surface area contributed by atoms with Crippen molar-refractivity contribution in [3.8, 4) is 0 Å². The van der Waals surface area contributed by atoms with E-state index in [-0.39, 0.29) is 0 Å². The number of aryl methyl sites for hydroxylation is 1. The zero-order valence-corrected chi connectivity index (χ0v) is 12.7. The summed E-state index contributed by atoms with van der Waals surface area (Å²) in [4.78, 5) is 15.1. The van der Waals surface area contributed by atoms with E-state index in [1.807, 2.05) is 25.1 Å². The molecule has 0 aliphatic carbocycles. The normalized spacial score (nSPS) is 10.4. The Morgan fingerprint density at radius 2 is 2.16 bits per heavy atom. The SMILES string of the molecule is Cc1cc(C(=O)O)ccc1CSc1ccc(Br)cn1. The molecule has 0 bridgehead atoms. The first-order valence-corrected chi connectivity index (χ1v) is 7.41. The second kappa shape index (κ2) is 6.21. The summed E-state index contributed by atoms with van der Waals surface area (Å²) in [7, 11) is 0. The highest BCUT2D eigenvalue weighted by atomic mass is 79.9. The molecule has 3 nitrogen and oxygen atoms in total. The maximum absolute atomic E-state index is 10.9. The van der Waals surface area contributed by atoms with Gasteiger partial charge < -0.3 is 5.11 Å². The Balaban J connectivity index is 2.07. The van der Waals surface area contributed by atoms with Crippen molar-refractivity contribution in [3.05, 3.63) is 57.7 Å². The molecule has 0 fully saturated rings. The molecule has 0 unspecified atom stereocenters. The molecule has 5 heteroatoms. The molecule has 0 saturated heterocycles. The molecule has 0 aliphatic rings. The van der Waals surface area contributed by atoms with Crippen molar-refractivity contribution < 1.29 is 9.90 Å². The van der Waals surface area contributed by atoms with E-state index >= 15 is 0 Å². The lowest BCUT2D eigenvalue weighted by Gasteiger charge is -2.06. The number of aromatic nitrogens is 1. The maximum atomic E-state index is 10.9. The standard InChI is InChI=1S/C14H12BrNO2S/c1-9-6-10(14(17)18)2-3-11(9)8-19-13-5-4-12(15)7-16-13/h2-7H,8H2,1H3,(H,17,18). The number of hydrogen-bond donors (Lipinski definition) is 1. The first-order valence-electron chi connectivity index (χ1n) is 5.63. The number of hydrogen-bond acceptors (Lipinski definition) is 3. The third-order valence-corrected chi connectivity index (χ3v) is 4.13. The van der Waals surface area contributed by atoms with Gasteiger partial charge in [0.05, 0.1) is 10.6 Å². The van der Waals surface area contributed by atoms with E-state index in [1.54, 1.807) is 30.1 Å². The van der Waals surface area contributed by atoms with Gasteiger partial charge in [0.2, 0.25) is 0 Å². The molecule has 19 heavy (non-hydrogen) atoms. The minimum Gasteiger partial charge on any atom is -0.478 e. The van der Waals surface area contributed by atoms with Crippen molar-refractivity contribution in [3.63, 3.8) is 0 Å². The number of halogens is 1. The van der Waals surface area contributed by atoms with Crippen LogP contribution in [0.5, 0.6) is 0 Å². The van der Waals surface area contributed by atoms with Crippen molar-refractivity contribution in [2.45, 2.75) is 17.7 Å². The van der Waals surface area contributed by atoms with Crippen LogP contribution in [0.25, 0.3) is 0 Å². The van der Waals surface area contributed by atoms with E-state index in [0.717, 1.165) is 26.4 Å². The zero-order valence-electron chi connectivity index (χ0n) is 10.3. The van der Waals surface area contributed by atoms with Crippen LogP contribution in [0.1, 0.15) is 21.5 Å². The lowest BCUT2D eigenvalue weighted by Crippen LogP contribution is -1.98. The summed E-state index contributed by atoms with van der Waals surface area (Å²) in [6.07, 6.45) is 1.77. The van der Waals surface area contributed by atoms with Gasteiger partial charge in [-0.3, -0.25) is 0 Å². The average molecular weight is 338 g/mol. The third-order valence-electron chi connectivity index (χ3n) is 2.67. The molecule has 0 radical (unpaired) electrons. The molecule has 0 atom stereocenters. The van der Waals surface area contributed by atoms with Gasteiger partial charge in [0.1, 0.15) is 0 Å². The summed E-state index contributed by atoms with van der Waals surface area (Å²) in [5.41, 5.74) is 2.44. The van der Waals surface area contributed by atoms with Gasteiger partial charge >= 0.3 is 5.97 Å². The highest BCUT2D eigenvalue weighted by molar-refractivity contribution is 9.10. The van der Waals surface area contributed by atoms with Gasteiger partial charge in [0, 0.05) is 16.4 Å². The average Bonchev–Trinajstić information content (AvgIpc) is 2.39. The number of nitrogens with zero attached hydrogens (tertiary/aromatic N) is 1. The fraction of sp³-hybridized carbons (Fsp3) is 0.143. The highest BCUT2D eigenvalue weighted by Gasteiger charge is 2.06. The summed E-state index contributed by atoms with van der Waals surface area (Å²) in [5.74, 6) is -0.114. The number of carboxylic acids is 1. The Morgan fingerprint density at radius 1 is 1.37 bits per heavy atom. The van der Waals surface area contributed by atoms with Crippen LogP contribution in [0.15, 0.2) is 46.0 Å². The largest absolute Gasteiger partial charge is 0.478 e. The monoisotopic (exact) mass is 337 g/mol. The van der Waals surface area contributed by atoms with Crippen LogP contribution in [0.2, 0.25) is 0 Å². The molecule has 1 heterocycles. The van der Waals surface area contributed by atoms with Gasteiger partial charge in [0.25, 0.3) is 0 Å². The minimum atomic E-state index is -0.892. The van der Waals surface area contributed by atoms with Crippen LogP contribution >= 0.6 is 27.7 Å². The first-order chi connectivity index (χ1) is 9.06. The maximum Gasteiger partial charge on any atom is 0.335 e. The molecule has 2 rings (SSSR count). The molecule has 0 aliphatic heterocycles. The summed E-state index contributed by atoms with van der Waals surface area (Å²) >= 11 is 4.98. The number of carboxylic acid groups (broad SMARTS) is 1. The van der Waals surface area contributed by atoms with Crippen LogP contribution in [0, 0.1) is 6.92 Å². The Labute approximate surface area is 124 Å². The van der Waals surface area contributed by atoms with E-state index in [2.05, 4.69) is 20.9 Å². The topological polar surface area (TPSA) is 50.2 Å². The number of pyridine rings is 1. The van der Waals surface area contributed by atoms with Gasteiger partial charge in [-0.05, 0) is 58.2 Å². The van der Waals surface area contributed by atoms with Crippen LogP contribution in [0.3, 0.4) is 0 Å². The number of thioether (sulfide) groups is 1. The van der Waals surface area contributed by atoms with E-state index < -0.39 is 5.97 Å². The molecule has 0 saturated carbocycles. The van der Waals surface area contributed by atoms with Crippen molar-refractivity contribution in [1.82, 2.24) is 4.98 Å². The Kier molecular flexibility index (Phi) is 4.61. The molecule has 1 aromatic heterocycles. The smallest absolute Gasteiger partial charge is 0.335 e. The molecule has 0 spiro atoms. The van der Waals surface area contributed by atoms with E-state index in [9.17, 15) is 4.79 Å². The van der Waals surface area contributed by atoms with E-state index in [4.69, 9.17) is 5.11 Å². The molecule has 1 aromatic carbocycles. The third kappa shape index (κ3) is 3.81. The fourth-order valence-electron chi connectivity index (χ4n) is 1.59. The number of rotatable bonds is 4. The molecule has 1 N–H and O–H groups in total. The van der Waals surface area contributed by atoms with Crippen molar-refractivity contribution in [1.29, 1.82) is 0 Å². The van der Waals surface area contributed by atoms with Crippen molar-refractivity contribution in [2.24, 2.45) is 0 Å². The highest BCUT2D eigenvalue weighted by Crippen LogP contribution is 2.24. The summed E-state index contributed by atoms with van der Waals surface area (Å²) < 4.78 is 0.957. The summed E-state index contributed by atoms with van der Waals surface area (Å²) in [5, 5.41) is 9.86. The van der Waals surface area contributed by atoms with E-state index in [0.29, 0.717) is 5.56 Å². The van der Waals surface area contributed by atoms with Gasteiger partial charge in [0.15, 0.2) is 0 Å². The van der Waals surface area contributed by atoms with Crippen LogP contribution in [-0.4, -0.2) is 16.1 Å². The number of aromatic carboxylic acids is 1. The van der Waals surface area contributed by atoms with E-state index in [1.165, 1.54) is 0 Å². The van der Waals surface area contributed by atoms with Gasteiger partial charge in [-0.2, -0.15) is 0 Å². The number of benzene rings is 1. The summed E-state index contributed by atoms with van der Waals surface area (Å²) in [6, 6.07) is 9.11. The molecular formula is C14H12BrNO2S. The molecule has 2 aromatic rings. The Bertz CT molecular complexity index is 599. The predicted octanol–water partition coefficient (Wildman–Crippen LogP) is 4.14. The van der Waals surface area contributed by atoms with Crippen LogP contribution < -0.4 is 0 Å². The molecule has 0 amide bonds. The fourth-order valence-corrected chi connectivity index (χ4v) is 2.74. The van der Waals surface area contributed by atoms with Crippen molar-refractivity contribution >= 4 is 33.7 Å². The van der Waals surface area contributed by atoms with Gasteiger partial charge in [-0.1, -0.05) is 6.07 Å². The second-order valence-electron chi connectivity index (χ2n) is 4.05. The zero-order chi connectivity index (χ0) is 13.8. The first kappa shape index (κ1) is 14.1. The summed E-state index contributed by atoms with van der Waals surface area (Å²) in [6.45, 7) is 1.93. The lowest BCUT2D eigenvalue weighted by atomic mass is 10.1. The van der Waals surface area contributed by atoms with Crippen molar-refractivity contribution in [2.75, 3.05) is 0 Å². The minimum absolute atomic E-state index is 0.327. The van der Waals surface area contributed by atoms with Crippen LogP contribution in [0.4, 0.5) is 0 Å². The van der Waals surface area contributed by atoms with Gasteiger partial charge in [-0.25, -0.2) is 9.78 Å². The predicted molar refractivity (Wildman–Crippen MR) is 79.6 cm³/mol. The quantitative estimate of drug-likeness (QED) is 0.851. The van der Waals surface area contributed by atoms with Crippen LogP contribution in [-0.2, 0) is 5.75 Å². The lowest BCUT2D eigenvalue weighted by molar-refractivity contribution is 0.0697. The molecular weight excluding hydrogens is 326 g/mol.